The summed E-state index contributed by atoms with van der Waals surface area (Å²) in [6.07, 6.45) is 3.59. The van der Waals surface area contributed by atoms with Crippen molar-refractivity contribution in [2.75, 3.05) is 40.3 Å². The number of urea groups is 1. The van der Waals surface area contributed by atoms with Gasteiger partial charge in [-0.2, -0.15) is 0 Å². The zero-order valence-electron chi connectivity index (χ0n) is 21.4. The van der Waals surface area contributed by atoms with Crippen molar-refractivity contribution in [1.29, 1.82) is 0 Å². The molecule has 3 heterocycles. The van der Waals surface area contributed by atoms with Crippen molar-refractivity contribution in [2.45, 2.75) is 52.1 Å². The van der Waals surface area contributed by atoms with Crippen LogP contribution in [0.2, 0.25) is 0 Å². The van der Waals surface area contributed by atoms with Gasteiger partial charge in [-0.25, -0.2) is 9.59 Å². The standard InChI is InChI=1S/C27H38N4O3/c1-18(2)34-25(32)21-16-31(26(33)30-13-9-10-19(15-30)14-29(5)6)17-27(3,4)23-20-11-7-8-12-22(20)28-24(21)23/h7-8,11-12,16,18-19,28H,9-10,13-15,17H2,1-6H3/t19-/m0/s1. The molecule has 2 aliphatic rings. The lowest BCUT2D eigenvalue weighted by Crippen LogP contribution is -2.49. The quantitative estimate of drug-likeness (QED) is 0.676. The molecule has 4 rings (SSSR count). The monoisotopic (exact) mass is 466 g/mol. The molecule has 7 nitrogen and oxygen atoms in total. The first-order chi connectivity index (χ1) is 16.1. The van der Waals surface area contributed by atoms with Crippen LogP contribution in [-0.4, -0.2) is 78.1 Å². The Kier molecular flexibility index (Phi) is 6.76. The van der Waals surface area contributed by atoms with Gasteiger partial charge in [0.05, 0.1) is 17.4 Å². The lowest BCUT2D eigenvalue weighted by molar-refractivity contribution is -0.140. The minimum absolute atomic E-state index is 0.0409. The predicted octanol–water partition coefficient (Wildman–Crippen LogP) is 4.45. The van der Waals surface area contributed by atoms with Crippen LogP contribution >= 0.6 is 0 Å². The summed E-state index contributed by atoms with van der Waals surface area (Å²) in [5, 5.41) is 1.07. The van der Waals surface area contributed by atoms with Crippen LogP contribution in [0.4, 0.5) is 4.79 Å². The molecule has 0 aliphatic carbocycles. The van der Waals surface area contributed by atoms with Gasteiger partial charge in [-0.1, -0.05) is 32.0 Å². The van der Waals surface area contributed by atoms with Crippen LogP contribution in [0.5, 0.6) is 0 Å². The average Bonchev–Trinajstić information content (AvgIpc) is 3.10. The van der Waals surface area contributed by atoms with Crippen LogP contribution in [-0.2, 0) is 14.9 Å². The fourth-order valence-electron chi connectivity index (χ4n) is 5.46. The molecule has 0 spiro atoms. The number of nitrogens with zero attached hydrogens (tertiary/aromatic N) is 3. The Labute approximate surface area is 202 Å². The number of para-hydroxylation sites is 1. The van der Waals surface area contributed by atoms with Gasteiger partial charge in [0, 0.05) is 48.7 Å². The third-order valence-corrected chi connectivity index (χ3v) is 6.72. The first-order valence-corrected chi connectivity index (χ1v) is 12.3. The second-order valence-corrected chi connectivity index (χ2v) is 10.9. The predicted molar refractivity (Wildman–Crippen MR) is 135 cm³/mol. The van der Waals surface area contributed by atoms with E-state index in [1.165, 1.54) is 0 Å². The van der Waals surface area contributed by atoms with Gasteiger partial charge in [-0.05, 0) is 58.3 Å². The second kappa shape index (κ2) is 9.45. The number of benzene rings is 1. The number of esters is 1. The van der Waals surface area contributed by atoms with Crippen molar-refractivity contribution in [3.05, 3.63) is 41.7 Å². The number of nitrogens with one attached hydrogen (secondary N) is 1. The Bertz CT molecular complexity index is 1100. The summed E-state index contributed by atoms with van der Waals surface area (Å²) in [6, 6.07) is 8.05. The van der Waals surface area contributed by atoms with E-state index in [2.05, 4.69) is 43.9 Å². The van der Waals surface area contributed by atoms with E-state index in [0.29, 0.717) is 18.0 Å². The molecule has 1 aromatic carbocycles. The number of rotatable bonds is 4. The number of hydrogen-bond acceptors (Lipinski definition) is 4. The number of carbonyl (C=O) groups is 2. The van der Waals surface area contributed by atoms with Gasteiger partial charge in [0.25, 0.3) is 0 Å². The number of amides is 2. The topological polar surface area (TPSA) is 68.9 Å². The number of carbonyl (C=O) groups excluding carboxylic acids is 2. The largest absolute Gasteiger partial charge is 0.459 e. The average molecular weight is 467 g/mol. The Hall–Kier alpha value is -2.80. The Morgan fingerprint density at radius 1 is 1.24 bits per heavy atom. The number of aromatic nitrogens is 1. The fourth-order valence-corrected chi connectivity index (χ4v) is 5.46. The highest BCUT2D eigenvalue weighted by atomic mass is 16.5. The molecule has 1 atom stereocenters. The molecule has 0 bridgehead atoms. The number of H-pyrrole nitrogens is 1. The van der Waals surface area contributed by atoms with E-state index >= 15 is 0 Å². The molecule has 2 aliphatic heterocycles. The van der Waals surface area contributed by atoms with E-state index in [9.17, 15) is 9.59 Å². The molecule has 2 amide bonds. The maximum atomic E-state index is 13.8. The summed E-state index contributed by atoms with van der Waals surface area (Å²) in [7, 11) is 4.15. The van der Waals surface area contributed by atoms with Gasteiger partial charge in [0.1, 0.15) is 0 Å². The van der Waals surface area contributed by atoms with Crippen LogP contribution < -0.4 is 0 Å². The molecular formula is C27H38N4O3. The molecule has 0 unspecified atom stereocenters. The van der Waals surface area contributed by atoms with E-state index in [-0.39, 0.29) is 17.6 Å². The van der Waals surface area contributed by atoms with Crippen molar-refractivity contribution in [1.82, 2.24) is 19.7 Å². The number of likely N-dealkylation sites (tertiary alicyclic amines) is 1. The summed E-state index contributed by atoms with van der Waals surface area (Å²) in [5.74, 6) is 0.0427. The number of fused-ring (bicyclic) bond motifs is 3. The van der Waals surface area contributed by atoms with Crippen LogP contribution in [0.1, 0.15) is 51.8 Å². The zero-order chi connectivity index (χ0) is 24.6. The summed E-state index contributed by atoms with van der Waals surface area (Å²) < 4.78 is 5.62. The maximum absolute atomic E-state index is 13.8. The van der Waals surface area contributed by atoms with Crippen LogP contribution in [0.25, 0.3) is 16.5 Å². The number of hydrogen-bond donors (Lipinski definition) is 1. The molecule has 34 heavy (non-hydrogen) atoms. The third-order valence-electron chi connectivity index (χ3n) is 6.72. The molecule has 2 aromatic rings. The number of piperidine rings is 1. The Balaban J connectivity index is 1.74. The highest BCUT2D eigenvalue weighted by Gasteiger charge is 2.39. The molecule has 0 radical (unpaired) electrons. The zero-order valence-corrected chi connectivity index (χ0v) is 21.4. The van der Waals surface area contributed by atoms with E-state index in [4.69, 9.17) is 4.74 Å². The molecule has 7 heteroatoms. The van der Waals surface area contributed by atoms with E-state index < -0.39 is 5.97 Å². The van der Waals surface area contributed by atoms with Gasteiger partial charge >= 0.3 is 12.0 Å². The van der Waals surface area contributed by atoms with Gasteiger partial charge in [0.15, 0.2) is 0 Å². The van der Waals surface area contributed by atoms with Gasteiger partial charge in [0.2, 0.25) is 0 Å². The Morgan fingerprint density at radius 3 is 2.68 bits per heavy atom. The first-order valence-electron chi connectivity index (χ1n) is 12.3. The lowest BCUT2D eigenvalue weighted by Gasteiger charge is -2.38. The van der Waals surface area contributed by atoms with Crippen LogP contribution in [0, 0.1) is 5.92 Å². The normalized spacial score (nSPS) is 20.4. The number of aromatic amines is 1. The summed E-state index contributed by atoms with van der Waals surface area (Å²) in [6.45, 7) is 10.9. The molecule has 0 saturated carbocycles. The number of ether oxygens (including phenoxy) is 1. The second-order valence-electron chi connectivity index (χ2n) is 10.9. The van der Waals surface area contributed by atoms with Crippen molar-refractivity contribution in [3.8, 4) is 0 Å². The highest BCUT2D eigenvalue weighted by Crippen LogP contribution is 2.40. The first kappa shape index (κ1) is 24.3. The maximum Gasteiger partial charge on any atom is 0.342 e. The van der Waals surface area contributed by atoms with Gasteiger partial charge in [-0.3, -0.25) is 4.90 Å². The van der Waals surface area contributed by atoms with E-state index in [1.807, 2.05) is 36.9 Å². The van der Waals surface area contributed by atoms with E-state index in [0.717, 1.165) is 54.6 Å². The van der Waals surface area contributed by atoms with E-state index in [1.54, 1.807) is 11.1 Å². The van der Waals surface area contributed by atoms with Gasteiger partial charge in [-0.15, -0.1) is 0 Å². The molecule has 184 valence electrons. The van der Waals surface area contributed by atoms with Crippen molar-refractivity contribution < 1.29 is 14.3 Å². The summed E-state index contributed by atoms with van der Waals surface area (Å²) >= 11 is 0. The minimum atomic E-state index is -0.414. The van der Waals surface area contributed by atoms with Crippen molar-refractivity contribution in [3.63, 3.8) is 0 Å². The molecule has 1 saturated heterocycles. The van der Waals surface area contributed by atoms with Crippen LogP contribution in [0.15, 0.2) is 30.5 Å². The highest BCUT2D eigenvalue weighted by molar-refractivity contribution is 6.18. The SMILES string of the molecule is CC(C)OC(=O)C1=CN(C(=O)N2CCC[C@@H](CN(C)C)C2)CC(C)(C)c2c1[nH]c1ccccc21. The smallest absolute Gasteiger partial charge is 0.342 e. The lowest BCUT2D eigenvalue weighted by atomic mass is 9.82. The fraction of sp³-hybridized carbons (Fsp3) is 0.556. The molecule has 1 aromatic heterocycles. The van der Waals surface area contributed by atoms with Gasteiger partial charge < -0.3 is 19.5 Å². The molecule has 1 N–H and O–H groups in total. The summed E-state index contributed by atoms with van der Waals surface area (Å²) in [5.41, 5.74) is 2.80. The van der Waals surface area contributed by atoms with Crippen molar-refractivity contribution in [2.24, 2.45) is 5.92 Å². The van der Waals surface area contributed by atoms with Crippen molar-refractivity contribution >= 4 is 28.5 Å². The minimum Gasteiger partial charge on any atom is -0.459 e. The Morgan fingerprint density at radius 2 is 1.97 bits per heavy atom. The summed E-state index contributed by atoms with van der Waals surface area (Å²) in [4.78, 5) is 36.4. The molecular weight excluding hydrogens is 428 g/mol. The molecule has 1 fully saturated rings. The third kappa shape index (κ3) is 4.85. The van der Waals surface area contributed by atoms with Crippen LogP contribution in [0.3, 0.4) is 0 Å².